The second kappa shape index (κ2) is 10.8. The fraction of sp³-hybridized carbons (Fsp3) is 0.345. The van der Waals surface area contributed by atoms with E-state index < -0.39 is 35.2 Å². The molecule has 0 aliphatic heterocycles. The summed E-state index contributed by atoms with van der Waals surface area (Å²) >= 11 is 1.38. The van der Waals surface area contributed by atoms with Gasteiger partial charge in [0.2, 0.25) is 11.8 Å². The average molecular weight is 505 g/mol. The summed E-state index contributed by atoms with van der Waals surface area (Å²) in [5.74, 6) is -4.14. The van der Waals surface area contributed by atoms with E-state index in [1.54, 1.807) is 0 Å². The van der Waals surface area contributed by atoms with Crippen molar-refractivity contribution in [1.29, 1.82) is 0 Å². The summed E-state index contributed by atoms with van der Waals surface area (Å²) in [6, 6.07) is 18.7. The molecular formula is C29H32N2O4S. The molecule has 4 unspecified atom stereocenters. The molecule has 1 heterocycles. The van der Waals surface area contributed by atoms with E-state index in [-0.39, 0.29) is 12.2 Å². The lowest BCUT2D eigenvalue weighted by molar-refractivity contribution is -0.150. The average Bonchev–Trinajstić information content (AvgIpc) is 3.38. The van der Waals surface area contributed by atoms with E-state index in [0.29, 0.717) is 11.4 Å². The number of carbonyl (C=O) groups excluding carboxylic acids is 3. The van der Waals surface area contributed by atoms with Crippen molar-refractivity contribution < 1.29 is 19.5 Å². The van der Waals surface area contributed by atoms with E-state index in [2.05, 4.69) is 10.6 Å². The van der Waals surface area contributed by atoms with E-state index in [0.717, 1.165) is 28.8 Å². The number of thiophene rings is 1. The Morgan fingerprint density at radius 1 is 0.917 bits per heavy atom. The van der Waals surface area contributed by atoms with Crippen molar-refractivity contribution in [3.8, 4) is 0 Å². The molecule has 188 valence electrons. The van der Waals surface area contributed by atoms with Gasteiger partial charge in [0.25, 0.3) is 0 Å². The van der Waals surface area contributed by atoms with Crippen molar-refractivity contribution in [1.82, 2.24) is 0 Å². The number of aliphatic hydroxyl groups is 1. The van der Waals surface area contributed by atoms with E-state index in [1.165, 1.54) is 18.3 Å². The van der Waals surface area contributed by atoms with Gasteiger partial charge in [-0.25, -0.2) is 0 Å². The number of rotatable bonds is 7. The molecule has 2 aromatic carbocycles. The van der Waals surface area contributed by atoms with Crippen LogP contribution in [-0.2, 0) is 27.2 Å². The Labute approximate surface area is 215 Å². The van der Waals surface area contributed by atoms with Crippen LogP contribution in [0, 0.1) is 11.8 Å². The van der Waals surface area contributed by atoms with Crippen LogP contribution in [-0.4, -0.2) is 28.3 Å². The van der Waals surface area contributed by atoms with Crippen LogP contribution in [0.1, 0.15) is 49.1 Å². The smallest absolute Gasteiger partial charge is 0.235 e. The van der Waals surface area contributed by atoms with Gasteiger partial charge in [-0.15, -0.1) is 11.3 Å². The zero-order valence-electron chi connectivity index (χ0n) is 20.8. The highest BCUT2D eigenvalue weighted by atomic mass is 32.1. The molecule has 1 aromatic heterocycles. The number of nitrogens with one attached hydrogen (secondary N) is 2. The van der Waals surface area contributed by atoms with Crippen LogP contribution in [0.2, 0.25) is 0 Å². The lowest BCUT2D eigenvalue weighted by Gasteiger charge is -2.44. The maximum atomic E-state index is 13.8. The summed E-state index contributed by atoms with van der Waals surface area (Å²) in [6.45, 7) is 5.52. The summed E-state index contributed by atoms with van der Waals surface area (Å²) in [7, 11) is 0. The predicted octanol–water partition coefficient (Wildman–Crippen LogP) is 5.19. The van der Waals surface area contributed by atoms with Gasteiger partial charge < -0.3 is 15.7 Å². The number of Topliss-reactive ketones (excluding diaryl/α,β-unsaturated/α-hetero) is 1. The molecule has 36 heavy (non-hydrogen) atoms. The Balaban J connectivity index is 1.73. The van der Waals surface area contributed by atoms with Crippen molar-refractivity contribution in [2.45, 2.75) is 51.6 Å². The molecule has 6 nitrogen and oxygen atoms in total. The standard InChI is InChI=1S/C29H32N2O4S/c1-4-18-11-6-8-13-20(18)30-27(33)24-22(32)17-29(3,35)26(25(24)23-15-10-16-36-23)28(34)31-21-14-9-7-12-19(21)5-2/h6-16,24-26,35H,4-5,17H2,1-3H3,(H,30,33)(H,31,34). The molecule has 1 fully saturated rings. The molecule has 0 bridgehead atoms. The number of para-hydroxylation sites is 2. The normalized spacial score (nSPS) is 23.8. The zero-order chi connectivity index (χ0) is 25.9. The van der Waals surface area contributed by atoms with E-state index >= 15 is 0 Å². The number of benzene rings is 2. The molecule has 4 atom stereocenters. The number of carbonyl (C=O) groups is 3. The molecule has 3 N–H and O–H groups in total. The van der Waals surface area contributed by atoms with Gasteiger partial charge >= 0.3 is 0 Å². The van der Waals surface area contributed by atoms with Crippen LogP contribution in [0.3, 0.4) is 0 Å². The van der Waals surface area contributed by atoms with Crippen LogP contribution in [0.4, 0.5) is 11.4 Å². The molecule has 3 aromatic rings. The summed E-state index contributed by atoms with van der Waals surface area (Å²) in [5, 5.41) is 19.2. The van der Waals surface area contributed by atoms with Crippen LogP contribution in [0.25, 0.3) is 0 Å². The number of hydrogen-bond acceptors (Lipinski definition) is 5. The van der Waals surface area contributed by atoms with Gasteiger partial charge in [0, 0.05) is 28.6 Å². The highest BCUT2D eigenvalue weighted by Gasteiger charge is 2.56. The highest BCUT2D eigenvalue weighted by molar-refractivity contribution is 7.10. The maximum absolute atomic E-state index is 13.8. The monoisotopic (exact) mass is 504 g/mol. The maximum Gasteiger partial charge on any atom is 0.235 e. The first-order valence-electron chi connectivity index (χ1n) is 12.3. The molecule has 7 heteroatoms. The van der Waals surface area contributed by atoms with Gasteiger partial charge in [0.1, 0.15) is 11.7 Å². The largest absolute Gasteiger partial charge is 0.389 e. The van der Waals surface area contributed by atoms with Gasteiger partial charge in [0.05, 0.1) is 11.5 Å². The molecule has 4 rings (SSSR count). The van der Waals surface area contributed by atoms with Gasteiger partial charge in [-0.3, -0.25) is 14.4 Å². The third-order valence-electron chi connectivity index (χ3n) is 7.02. The lowest BCUT2D eigenvalue weighted by atomic mass is 9.62. The number of hydrogen-bond donors (Lipinski definition) is 3. The first-order valence-corrected chi connectivity index (χ1v) is 13.2. The molecular weight excluding hydrogens is 472 g/mol. The van der Waals surface area contributed by atoms with E-state index in [4.69, 9.17) is 0 Å². The molecule has 0 saturated heterocycles. The Bertz CT molecular complexity index is 1250. The van der Waals surface area contributed by atoms with Crippen LogP contribution in [0.5, 0.6) is 0 Å². The Kier molecular flexibility index (Phi) is 7.71. The summed E-state index contributed by atoms with van der Waals surface area (Å²) in [4.78, 5) is 41.5. The summed E-state index contributed by atoms with van der Waals surface area (Å²) in [5.41, 5.74) is 1.63. The van der Waals surface area contributed by atoms with Crippen molar-refractivity contribution in [3.63, 3.8) is 0 Å². The topological polar surface area (TPSA) is 95.5 Å². The molecule has 1 aliphatic carbocycles. The minimum atomic E-state index is -1.62. The van der Waals surface area contributed by atoms with Crippen molar-refractivity contribution in [2.75, 3.05) is 10.6 Å². The van der Waals surface area contributed by atoms with Crippen molar-refractivity contribution in [3.05, 3.63) is 82.0 Å². The first kappa shape index (κ1) is 25.8. The van der Waals surface area contributed by atoms with Crippen LogP contribution in [0.15, 0.2) is 66.0 Å². The highest BCUT2D eigenvalue weighted by Crippen LogP contribution is 2.48. The number of ketones is 1. The predicted molar refractivity (Wildman–Crippen MR) is 143 cm³/mol. The van der Waals surface area contributed by atoms with Gasteiger partial charge in [-0.05, 0) is 54.5 Å². The van der Waals surface area contributed by atoms with Gasteiger partial charge in [0.15, 0.2) is 0 Å². The Morgan fingerprint density at radius 2 is 1.47 bits per heavy atom. The number of anilines is 2. The van der Waals surface area contributed by atoms with Crippen LogP contribution < -0.4 is 10.6 Å². The van der Waals surface area contributed by atoms with E-state index in [9.17, 15) is 19.5 Å². The van der Waals surface area contributed by atoms with Crippen molar-refractivity contribution in [2.24, 2.45) is 11.8 Å². The molecule has 1 saturated carbocycles. The second-order valence-electron chi connectivity index (χ2n) is 9.50. The summed E-state index contributed by atoms with van der Waals surface area (Å²) < 4.78 is 0. The van der Waals surface area contributed by atoms with Crippen molar-refractivity contribution >= 4 is 40.3 Å². The fourth-order valence-electron chi connectivity index (χ4n) is 5.24. The third-order valence-corrected chi connectivity index (χ3v) is 7.99. The van der Waals surface area contributed by atoms with E-state index in [1.807, 2.05) is 79.9 Å². The number of amides is 2. The fourth-order valence-corrected chi connectivity index (χ4v) is 6.14. The minimum Gasteiger partial charge on any atom is -0.389 e. The molecule has 1 aliphatic rings. The third kappa shape index (κ3) is 5.13. The zero-order valence-corrected chi connectivity index (χ0v) is 21.6. The lowest BCUT2D eigenvalue weighted by Crippen LogP contribution is -2.56. The molecule has 0 spiro atoms. The van der Waals surface area contributed by atoms with Gasteiger partial charge in [-0.1, -0.05) is 56.3 Å². The first-order chi connectivity index (χ1) is 17.3. The Hall–Kier alpha value is -3.29. The quantitative estimate of drug-likeness (QED) is 0.386. The molecule has 2 amide bonds. The summed E-state index contributed by atoms with van der Waals surface area (Å²) in [6.07, 6.45) is 1.17. The van der Waals surface area contributed by atoms with Gasteiger partial charge in [-0.2, -0.15) is 0 Å². The molecule has 0 radical (unpaired) electrons. The SMILES string of the molecule is CCc1ccccc1NC(=O)C1C(=O)CC(C)(O)C(C(=O)Nc2ccccc2CC)C1c1cccs1. The second-order valence-corrected chi connectivity index (χ2v) is 10.5. The van der Waals surface area contributed by atoms with Crippen LogP contribution >= 0.6 is 11.3 Å². The number of aryl methyl sites for hydroxylation is 2. The Morgan fingerprint density at radius 3 is 2.00 bits per heavy atom. The minimum absolute atomic E-state index is 0.282.